The number of carbonyl (C=O) groups excluding carboxylic acids is 1. The molecule has 0 spiro atoms. The van der Waals surface area contributed by atoms with Crippen molar-refractivity contribution < 1.29 is 4.79 Å². The molecule has 0 amide bonds. The Morgan fingerprint density at radius 3 is 2.45 bits per heavy atom. The molecule has 0 saturated heterocycles. The van der Waals surface area contributed by atoms with Gasteiger partial charge < -0.3 is 0 Å². The van der Waals surface area contributed by atoms with Crippen LogP contribution in [0.2, 0.25) is 0 Å². The second-order valence-corrected chi connectivity index (χ2v) is 2.19. The van der Waals surface area contributed by atoms with Crippen LogP contribution in [0.3, 0.4) is 0 Å². The number of carbonyl (C=O) groups is 1. The van der Waals surface area contributed by atoms with Crippen LogP contribution in [-0.4, -0.2) is 10.5 Å². The predicted octanol–water partition coefficient (Wildman–Crippen LogP) is 0.898. The van der Waals surface area contributed by atoms with Crippen molar-refractivity contribution in [1.29, 1.82) is 0 Å². The van der Waals surface area contributed by atoms with Crippen LogP contribution >= 0.6 is 0 Å². The number of nitrogens with zero attached hydrogens (tertiary/aromatic N) is 1. The molecule has 0 saturated carbocycles. The van der Waals surface area contributed by atoms with Crippen molar-refractivity contribution >= 4 is 5.91 Å². The quantitative estimate of drug-likeness (QED) is 0.598. The van der Waals surface area contributed by atoms with Crippen molar-refractivity contribution in [2.45, 2.75) is 13.3 Å². The summed E-state index contributed by atoms with van der Waals surface area (Å²) in [5.41, 5.74) is -0.0786. The molecular formula is C8H9NO2. The Kier molecular flexibility index (Phi) is 2.21. The lowest BCUT2D eigenvalue weighted by Crippen LogP contribution is -2.11. The molecule has 0 fully saturated rings. The van der Waals surface area contributed by atoms with Crippen LogP contribution in [0.15, 0.2) is 29.3 Å². The average Bonchev–Trinajstić information content (AvgIpc) is 2.05. The Morgan fingerprint density at radius 2 is 2.00 bits per heavy atom. The van der Waals surface area contributed by atoms with E-state index in [-0.39, 0.29) is 11.3 Å². The van der Waals surface area contributed by atoms with Crippen LogP contribution in [0, 0.1) is 0 Å². The minimum absolute atomic E-state index is 0.00926. The van der Waals surface area contributed by atoms with Gasteiger partial charge in [-0.05, 0) is 0 Å². The van der Waals surface area contributed by atoms with Crippen LogP contribution in [-0.2, 0) is 0 Å². The molecule has 0 radical (unpaired) electrons. The van der Waals surface area contributed by atoms with E-state index in [9.17, 15) is 9.59 Å². The maximum absolute atomic E-state index is 11.0. The fourth-order valence-electron chi connectivity index (χ4n) is 0.762. The molecule has 0 aromatic carbocycles. The van der Waals surface area contributed by atoms with Crippen molar-refractivity contribution in [3.8, 4) is 0 Å². The molecule has 0 unspecified atom stereocenters. The van der Waals surface area contributed by atoms with Gasteiger partial charge in [-0.25, -0.2) is 0 Å². The zero-order chi connectivity index (χ0) is 8.27. The molecule has 0 atom stereocenters. The molecule has 0 aliphatic heterocycles. The van der Waals surface area contributed by atoms with Gasteiger partial charge in [-0.1, -0.05) is 6.92 Å². The van der Waals surface area contributed by atoms with Crippen molar-refractivity contribution in [3.05, 3.63) is 34.7 Å². The van der Waals surface area contributed by atoms with E-state index < -0.39 is 0 Å². The van der Waals surface area contributed by atoms with Gasteiger partial charge in [-0.15, -0.1) is 0 Å². The molecule has 0 bridgehead atoms. The van der Waals surface area contributed by atoms with Crippen LogP contribution in [0.25, 0.3) is 0 Å². The standard InChI is InChI=1S/C8H9NO2/c1-2-8(11)9-5-3-7(10)4-6-9/h3-6H,2H2,1H3. The number of hydrogen-bond donors (Lipinski definition) is 0. The Hall–Kier alpha value is -1.38. The molecular weight excluding hydrogens is 142 g/mol. The number of pyridine rings is 1. The lowest BCUT2D eigenvalue weighted by Gasteiger charge is -1.99. The summed E-state index contributed by atoms with van der Waals surface area (Å²) in [6, 6.07) is 2.74. The van der Waals surface area contributed by atoms with Gasteiger partial charge in [0, 0.05) is 30.9 Å². The molecule has 11 heavy (non-hydrogen) atoms. The van der Waals surface area contributed by atoms with E-state index in [2.05, 4.69) is 0 Å². The summed E-state index contributed by atoms with van der Waals surface area (Å²) < 4.78 is 1.40. The van der Waals surface area contributed by atoms with Crippen molar-refractivity contribution in [2.24, 2.45) is 0 Å². The molecule has 1 aromatic rings. The smallest absolute Gasteiger partial charge is 0.230 e. The molecule has 1 aromatic heterocycles. The molecule has 58 valence electrons. The van der Waals surface area contributed by atoms with Crippen LogP contribution in [0.5, 0.6) is 0 Å². The minimum atomic E-state index is -0.0786. The molecule has 3 nitrogen and oxygen atoms in total. The van der Waals surface area contributed by atoms with E-state index in [1.807, 2.05) is 0 Å². The number of aromatic nitrogens is 1. The molecule has 1 heterocycles. The summed E-state index contributed by atoms with van der Waals surface area (Å²) in [4.78, 5) is 21.6. The van der Waals surface area contributed by atoms with Gasteiger partial charge in [0.2, 0.25) is 5.91 Å². The minimum Gasteiger partial charge on any atom is -0.294 e. The van der Waals surface area contributed by atoms with Gasteiger partial charge in [0.25, 0.3) is 0 Å². The van der Waals surface area contributed by atoms with Gasteiger partial charge >= 0.3 is 0 Å². The first-order valence-electron chi connectivity index (χ1n) is 3.45. The van der Waals surface area contributed by atoms with Gasteiger partial charge in [-0.3, -0.25) is 14.2 Å². The largest absolute Gasteiger partial charge is 0.294 e. The highest BCUT2D eigenvalue weighted by Crippen LogP contribution is 1.87. The average molecular weight is 151 g/mol. The Bertz CT molecular complexity index is 294. The van der Waals surface area contributed by atoms with E-state index in [4.69, 9.17) is 0 Å². The number of hydrogen-bond acceptors (Lipinski definition) is 2. The third kappa shape index (κ3) is 1.77. The van der Waals surface area contributed by atoms with E-state index >= 15 is 0 Å². The zero-order valence-electron chi connectivity index (χ0n) is 6.28. The summed E-state index contributed by atoms with van der Waals surface area (Å²) in [6.45, 7) is 1.78. The van der Waals surface area contributed by atoms with Crippen LogP contribution in [0.4, 0.5) is 0 Å². The second-order valence-electron chi connectivity index (χ2n) is 2.19. The third-order valence-electron chi connectivity index (χ3n) is 1.39. The van der Waals surface area contributed by atoms with E-state index in [0.29, 0.717) is 6.42 Å². The van der Waals surface area contributed by atoms with E-state index in [0.717, 1.165) is 0 Å². The maximum atomic E-state index is 11.0. The van der Waals surface area contributed by atoms with Crippen molar-refractivity contribution in [3.63, 3.8) is 0 Å². The highest BCUT2D eigenvalue weighted by molar-refractivity contribution is 5.78. The topological polar surface area (TPSA) is 39.1 Å². The highest BCUT2D eigenvalue weighted by atomic mass is 16.2. The zero-order valence-corrected chi connectivity index (χ0v) is 6.28. The lowest BCUT2D eigenvalue weighted by atomic mass is 10.4. The summed E-state index contributed by atoms with van der Waals surface area (Å²) in [5, 5.41) is 0. The lowest BCUT2D eigenvalue weighted by molar-refractivity contribution is 0.0908. The Labute approximate surface area is 64.3 Å². The summed E-state index contributed by atoms with van der Waals surface area (Å²) in [5.74, 6) is -0.00926. The molecule has 0 aliphatic carbocycles. The first kappa shape index (κ1) is 7.72. The van der Waals surface area contributed by atoms with Crippen molar-refractivity contribution in [2.75, 3.05) is 0 Å². The van der Waals surface area contributed by atoms with Crippen LogP contribution in [0.1, 0.15) is 18.1 Å². The Morgan fingerprint density at radius 1 is 1.45 bits per heavy atom. The van der Waals surface area contributed by atoms with E-state index in [1.54, 1.807) is 6.92 Å². The highest BCUT2D eigenvalue weighted by Gasteiger charge is 1.96. The van der Waals surface area contributed by atoms with Crippen LogP contribution < -0.4 is 5.43 Å². The SMILES string of the molecule is CCC(=O)n1ccc(=O)cc1. The number of rotatable bonds is 1. The first-order valence-corrected chi connectivity index (χ1v) is 3.45. The molecule has 3 heteroatoms. The molecule has 1 rings (SSSR count). The Balaban J connectivity index is 2.99. The van der Waals surface area contributed by atoms with Gasteiger partial charge in [0.05, 0.1) is 0 Å². The summed E-state index contributed by atoms with van der Waals surface area (Å²) >= 11 is 0. The van der Waals surface area contributed by atoms with Gasteiger partial charge in [0.1, 0.15) is 0 Å². The fourth-order valence-corrected chi connectivity index (χ4v) is 0.762. The summed E-state index contributed by atoms with van der Waals surface area (Å²) in [6.07, 6.45) is 3.41. The van der Waals surface area contributed by atoms with Gasteiger partial charge in [-0.2, -0.15) is 0 Å². The maximum Gasteiger partial charge on any atom is 0.230 e. The second kappa shape index (κ2) is 3.14. The normalized spacial score (nSPS) is 9.55. The van der Waals surface area contributed by atoms with Crippen molar-refractivity contribution in [1.82, 2.24) is 4.57 Å². The predicted molar refractivity (Wildman–Crippen MR) is 41.6 cm³/mol. The fraction of sp³-hybridized carbons (Fsp3) is 0.250. The van der Waals surface area contributed by atoms with Gasteiger partial charge in [0.15, 0.2) is 5.43 Å². The summed E-state index contributed by atoms with van der Waals surface area (Å²) in [7, 11) is 0. The first-order chi connectivity index (χ1) is 5.24. The third-order valence-corrected chi connectivity index (χ3v) is 1.39. The molecule has 0 aliphatic rings. The molecule has 0 N–H and O–H groups in total. The monoisotopic (exact) mass is 151 g/mol. The van der Waals surface area contributed by atoms with E-state index in [1.165, 1.54) is 29.1 Å².